The number of alkyl halides is 2. The number of amides is 1. The fraction of sp³-hybridized carbons (Fsp3) is 0.211. The fourth-order valence-electron chi connectivity index (χ4n) is 2.45. The lowest BCUT2D eigenvalue weighted by molar-refractivity contribution is -0.0498. The van der Waals surface area contributed by atoms with Crippen molar-refractivity contribution >= 4 is 23.4 Å². The Balaban J connectivity index is 1.70. The van der Waals surface area contributed by atoms with Crippen LogP contribution in [0.4, 0.5) is 14.5 Å². The first kappa shape index (κ1) is 19.8. The molecule has 1 amide bonds. The van der Waals surface area contributed by atoms with Gasteiger partial charge in [0.1, 0.15) is 16.5 Å². The minimum Gasteiger partial charge on any atom is -0.435 e. The number of benzene rings is 1. The second-order valence-corrected chi connectivity index (χ2v) is 6.77. The van der Waals surface area contributed by atoms with Crippen LogP contribution in [0.5, 0.6) is 5.75 Å². The highest BCUT2D eigenvalue weighted by Gasteiger charge is 2.16. The van der Waals surface area contributed by atoms with Crippen molar-refractivity contribution in [1.29, 1.82) is 0 Å². The van der Waals surface area contributed by atoms with E-state index in [-0.39, 0.29) is 11.7 Å². The van der Waals surface area contributed by atoms with Crippen LogP contribution in [0.15, 0.2) is 52.1 Å². The van der Waals surface area contributed by atoms with Crippen LogP contribution in [-0.4, -0.2) is 22.7 Å². The summed E-state index contributed by atoms with van der Waals surface area (Å²) in [4.78, 5) is 16.9. The minimum absolute atomic E-state index is 0.0186. The molecule has 0 aliphatic rings. The lowest BCUT2D eigenvalue weighted by Crippen LogP contribution is -2.13. The van der Waals surface area contributed by atoms with Crippen molar-refractivity contribution in [2.75, 3.05) is 5.32 Å². The van der Waals surface area contributed by atoms with Crippen molar-refractivity contribution in [2.45, 2.75) is 31.2 Å². The van der Waals surface area contributed by atoms with Gasteiger partial charge in [-0.3, -0.25) is 4.79 Å². The number of halogens is 2. The van der Waals surface area contributed by atoms with Crippen LogP contribution in [0.3, 0.4) is 0 Å². The van der Waals surface area contributed by atoms with Gasteiger partial charge in [0.05, 0.1) is 11.3 Å². The van der Waals surface area contributed by atoms with Gasteiger partial charge in [-0.15, -0.1) is 11.8 Å². The topological polar surface area (TPSA) is 77.2 Å². The van der Waals surface area contributed by atoms with Gasteiger partial charge in [0.15, 0.2) is 0 Å². The standard InChI is InChI=1S/C19H17F2N3O3S/c1-11-16(12(2)27-24-11)10-28-18-15(4-3-9-22-18)17(25)23-13-5-7-14(8-6-13)26-19(20)21/h3-9,19H,10H2,1-2H3,(H,23,25). The Morgan fingerprint density at radius 1 is 1.25 bits per heavy atom. The SMILES string of the molecule is Cc1noc(C)c1CSc1ncccc1C(=O)Nc1ccc(OC(F)F)cc1. The summed E-state index contributed by atoms with van der Waals surface area (Å²) in [5, 5.41) is 7.22. The van der Waals surface area contributed by atoms with E-state index in [4.69, 9.17) is 4.52 Å². The molecule has 0 saturated heterocycles. The molecule has 0 radical (unpaired) electrons. The summed E-state index contributed by atoms with van der Waals surface area (Å²) in [6, 6.07) is 9.04. The van der Waals surface area contributed by atoms with E-state index in [1.54, 1.807) is 18.3 Å². The zero-order chi connectivity index (χ0) is 20.1. The number of nitrogens with one attached hydrogen (secondary N) is 1. The maximum absolute atomic E-state index is 12.6. The van der Waals surface area contributed by atoms with Gasteiger partial charge < -0.3 is 14.6 Å². The van der Waals surface area contributed by atoms with Gasteiger partial charge in [-0.25, -0.2) is 4.98 Å². The third kappa shape index (κ3) is 4.86. The molecule has 3 aromatic rings. The zero-order valence-electron chi connectivity index (χ0n) is 15.1. The molecule has 146 valence electrons. The molecular formula is C19H17F2N3O3S. The smallest absolute Gasteiger partial charge is 0.387 e. The highest BCUT2D eigenvalue weighted by Crippen LogP contribution is 2.28. The van der Waals surface area contributed by atoms with Gasteiger partial charge in [-0.1, -0.05) is 5.16 Å². The molecule has 2 heterocycles. The van der Waals surface area contributed by atoms with Crippen LogP contribution in [0, 0.1) is 13.8 Å². The normalized spacial score (nSPS) is 10.9. The third-order valence-electron chi connectivity index (χ3n) is 3.89. The number of anilines is 1. The van der Waals surface area contributed by atoms with Crippen molar-refractivity contribution in [2.24, 2.45) is 0 Å². The van der Waals surface area contributed by atoms with E-state index in [0.29, 0.717) is 22.0 Å². The van der Waals surface area contributed by atoms with E-state index in [2.05, 4.69) is 20.2 Å². The summed E-state index contributed by atoms with van der Waals surface area (Å²) < 4.78 is 33.9. The van der Waals surface area contributed by atoms with E-state index >= 15 is 0 Å². The first-order valence-corrected chi connectivity index (χ1v) is 9.28. The number of aryl methyl sites for hydroxylation is 2. The van der Waals surface area contributed by atoms with Crippen LogP contribution >= 0.6 is 11.8 Å². The Morgan fingerprint density at radius 2 is 2.00 bits per heavy atom. The number of thioether (sulfide) groups is 1. The molecule has 28 heavy (non-hydrogen) atoms. The van der Waals surface area contributed by atoms with Crippen molar-refractivity contribution in [3.05, 3.63) is 65.2 Å². The van der Waals surface area contributed by atoms with Gasteiger partial charge >= 0.3 is 6.61 Å². The van der Waals surface area contributed by atoms with Crippen molar-refractivity contribution < 1.29 is 22.8 Å². The molecule has 1 N–H and O–H groups in total. The molecule has 6 nitrogen and oxygen atoms in total. The summed E-state index contributed by atoms with van der Waals surface area (Å²) in [6.45, 7) is 0.802. The maximum atomic E-state index is 12.6. The number of pyridine rings is 1. The number of hydrogen-bond acceptors (Lipinski definition) is 6. The second kappa shape index (κ2) is 8.83. The molecule has 2 aromatic heterocycles. The van der Waals surface area contributed by atoms with Crippen molar-refractivity contribution in [3.63, 3.8) is 0 Å². The lowest BCUT2D eigenvalue weighted by Gasteiger charge is -2.10. The van der Waals surface area contributed by atoms with Crippen molar-refractivity contribution in [1.82, 2.24) is 10.1 Å². The minimum atomic E-state index is -2.90. The van der Waals surface area contributed by atoms with Crippen LogP contribution in [0.2, 0.25) is 0 Å². The first-order chi connectivity index (χ1) is 13.4. The van der Waals surface area contributed by atoms with E-state index in [1.165, 1.54) is 36.0 Å². The molecule has 0 aliphatic heterocycles. The molecule has 0 aliphatic carbocycles. The lowest BCUT2D eigenvalue weighted by atomic mass is 10.2. The van der Waals surface area contributed by atoms with Gasteiger partial charge in [0.2, 0.25) is 0 Å². The molecule has 9 heteroatoms. The highest BCUT2D eigenvalue weighted by atomic mass is 32.2. The molecule has 0 atom stereocenters. The number of hydrogen-bond donors (Lipinski definition) is 1. The summed E-state index contributed by atoms with van der Waals surface area (Å²) >= 11 is 1.41. The van der Waals surface area contributed by atoms with Gasteiger partial charge in [-0.2, -0.15) is 8.78 Å². The molecule has 3 rings (SSSR count). The molecule has 0 unspecified atom stereocenters. The quantitative estimate of drug-likeness (QED) is 0.567. The second-order valence-electron chi connectivity index (χ2n) is 5.80. The molecule has 0 saturated carbocycles. The van der Waals surface area contributed by atoms with Gasteiger partial charge in [0.25, 0.3) is 5.91 Å². The average Bonchev–Trinajstić information content (AvgIpc) is 2.99. The Hall–Kier alpha value is -2.94. The Morgan fingerprint density at radius 3 is 2.64 bits per heavy atom. The van der Waals surface area contributed by atoms with Crippen LogP contribution in [-0.2, 0) is 5.75 Å². The summed E-state index contributed by atoms with van der Waals surface area (Å²) in [6.07, 6.45) is 1.61. The Labute approximate surface area is 164 Å². The van der Waals surface area contributed by atoms with E-state index < -0.39 is 6.61 Å². The van der Waals surface area contributed by atoms with E-state index in [1.807, 2.05) is 13.8 Å². The van der Waals surface area contributed by atoms with E-state index in [0.717, 1.165) is 17.0 Å². The molecule has 1 aromatic carbocycles. The number of aromatic nitrogens is 2. The van der Waals surface area contributed by atoms with Crippen LogP contribution in [0.25, 0.3) is 0 Å². The first-order valence-electron chi connectivity index (χ1n) is 8.30. The number of carbonyl (C=O) groups excluding carboxylic acids is 1. The Bertz CT molecular complexity index is 942. The summed E-state index contributed by atoms with van der Waals surface area (Å²) in [5.74, 6) is 0.970. The predicted molar refractivity (Wildman–Crippen MR) is 101 cm³/mol. The monoisotopic (exact) mass is 405 g/mol. The number of rotatable bonds is 7. The fourth-order valence-corrected chi connectivity index (χ4v) is 3.59. The zero-order valence-corrected chi connectivity index (χ0v) is 15.9. The van der Waals surface area contributed by atoms with Gasteiger partial charge in [-0.05, 0) is 50.2 Å². The maximum Gasteiger partial charge on any atom is 0.387 e. The number of carbonyl (C=O) groups is 1. The Kier molecular flexibility index (Phi) is 6.25. The summed E-state index contributed by atoms with van der Waals surface area (Å²) in [7, 11) is 0. The number of nitrogens with zero attached hydrogens (tertiary/aromatic N) is 2. The van der Waals surface area contributed by atoms with Crippen molar-refractivity contribution in [3.8, 4) is 5.75 Å². The van der Waals surface area contributed by atoms with E-state index in [9.17, 15) is 13.6 Å². The number of ether oxygens (including phenoxy) is 1. The molecule has 0 bridgehead atoms. The average molecular weight is 405 g/mol. The molecular weight excluding hydrogens is 388 g/mol. The van der Waals surface area contributed by atoms with Crippen LogP contribution < -0.4 is 10.1 Å². The molecule has 0 spiro atoms. The largest absolute Gasteiger partial charge is 0.435 e. The third-order valence-corrected chi connectivity index (χ3v) is 4.92. The van der Waals surface area contributed by atoms with Gasteiger partial charge in [0, 0.05) is 23.2 Å². The van der Waals surface area contributed by atoms with Crippen LogP contribution in [0.1, 0.15) is 27.4 Å². The highest BCUT2D eigenvalue weighted by molar-refractivity contribution is 7.98. The summed E-state index contributed by atoms with van der Waals surface area (Å²) in [5.41, 5.74) is 2.64. The predicted octanol–water partition coefficient (Wildman–Crippen LogP) is 4.83. The molecule has 0 fully saturated rings.